The van der Waals surface area contributed by atoms with Gasteiger partial charge in [0.15, 0.2) is 0 Å². The van der Waals surface area contributed by atoms with Crippen molar-refractivity contribution in [2.45, 2.75) is 32.8 Å². The average molecular weight is 276 g/mol. The second-order valence-corrected chi connectivity index (χ2v) is 6.18. The molecule has 0 spiro atoms. The van der Waals surface area contributed by atoms with Crippen LogP contribution in [-0.2, 0) is 6.42 Å². The Hall–Kier alpha value is -0.280. The monoisotopic (exact) mass is 275 g/mol. The van der Waals surface area contributed by atoms with Crippen LogP contribution in [0.2, 0.25) is 10.0 Å². The van der Waals surface area contributed by atoms with Gasteiger partial charge in [-0.1, -0.05) is 50.0 Å². The van der Waals surface area contributed by atoms with E-state index in [9.17, 15) is 5.11 Å². The van der Waals surface area contributed by atoms with E-state index in [1.165, 1.54) is 0 Å². The van der Waals surface area contributed by atoms with E-state index in [0.29, 0.717) is 16.5 Å². The first kappa shape index (κ1) is 14.8. The highest BCUT2D eigenvalue weighted by Gasteiger charge is 2.39. The zero-order valence-corrected chi connectivity index (χ0v) is 11.9. The number of nitrogens with two attached hydrogens (primary N) is 1. The fourth-order valence-corrected chi connectivity index (χ4v) is 2.17. The number of benzene rings is 1. The highest BCUT2D eigenvalue weighted by Crippen LogP contribution is 2.36. The predicted octanol–water partition coefficient (Wildman–Crippen LogP) is 3.27. The van der Waals surface area contributed by atoms with Crippen molar-refractivity contribution < 1.29 is 5.11 Å². The van der Waals surface area contributed by atoms with Crippen LogP contribution in [0.15, 0.2) is 18.2 Å². The third-order valence-corrected chi connectivity index (χ3v) is 3.97. The minimum Gasteiger partial charge on any atom is -0.388 e. The SMILES string of the molecule is CC(C)(C)C(O)(CN)Cc1c(Cl)cccc1Cl. The second-order valence-electron chi connectivity index (χ2n) is 5.36. The summed E-state index contributed by atoms with van der Waals surface area (Å²) in [4.78, 5) is 0. The molecule has 0 saturated heterocycles. The van der Waals surface area contributed by atoms with E-state index in [1.807, 2.05) is 20.8 Å². The Labute approximate surface area is 113 Å². The molecule has 0 aliphatic rings. The molecule has 1 aromatic rings. The summed E-state index contributed by atoms with van der Waals surface area (Å²) in [6, 6.07) is 5.32. The van der Waals surface area contributed by atoms with Crippen molar-refractivity contribution in [2.75, 3.05) is 6.54 Å². The van der Waals surface area contributed by atoms with Gasteiger partial charge in [-0.3, -0.25) is 0 Å². The molecule has 1 rings (SSSR count). The summed E-state index contributed by atoms with van der Waals surface area (Å²) in [6.45, 7) is 6.01. The lowest BCUT2D eigenvalue weighted by Gasteiger charge is -2.40. The van der Waals surface area contributed by atoms with Crippen LogP contribution in [0.1, 0.15) is 26.3 Å². The smallest absolute Gasteiger partial charge is 0.0858 e. The summed E-state index contributed by atoms with van der Waals surface area (Å²) in [7, 11) is 0. The maximum absolute atomic E-state index is 10.6. The predicted molar refractivity (Wildman–Crippen MR) is 73.6 cm³/mol. The third-order valence-electron chi connectivity index (χ3n) is 3.26. The topological polar surface area (TPSA) is 46.2 Å². The Morgan fingerprint density at radius 1 is 1.18 bits per heavy atom. The molecule has 4 heteroatoms. The Morgan fingerprint density at radius 2 is 1.65 bits per heavy atom. The van der Waals surface area contributed by atoms with Crippen molar-refractivity contribution in [3.8, 4) is 0 Å². The Kier molecular flexibility index (Phi) is 4.48. The van der Waals surface area contributed by atoms with Crippen LogP contribution in [0.3, 0.4) is 0 Å². The van der Waals surface area contributed by atoms with E-state index >= 15 is 0 Å². The quantitative estimate of drug-likeness (QED) is 0.890. The zero-order chi connectivity index (χ0) is 13.3. The van der Waals surface area contributed by atoms with Crippen molar-refractivity contribution in [1.29, 1.82) is 0 Å². The molecule has 0 amide bonds. The molecular weight excluding hydrogens is 257 g/mol. The van der Waals surface area contributed by atoms with E-state index in [4.69, 9.17) is 28.9 Å². The molecule has 3 N–H and O–H groups in total. The van der Waals surface area contributed by atoms with Crippen LogP contribution < -0.4 is 5.73 Å². The first-order valence-corrected chi connectivity index (χ1v) is 6.32. The van der Waals surface area contributed by atoms with Crippen molar-refractivity contribution >= 4 is 23.2 Å². The average Bonchev–Trinajstić information content (AvgIpc) is 2.22. The van der Waals surface area contributed by atoms with Gasteiger partial charge in [0.1, 0.15) is 0 Å². The fraction of sp³-hybridized carbons (Fsp3) is 0.538. The van der Waals surface area contributed by atoms with Gasteiger partial charge in [-0.15, -0.1) is 0 Å². The molecule has 17 heavy (non-hydrogen) atoms. The number of rotatable bonds is 3. The van der Waals surface area contributed by atoms with Crippen molar-refractivity contribution in [2.24, 2.45) is 11.1 Å². The highest BCUT2D eigenvalue weighted by atomic mass is 35.5. The van der Waals surface area contributed by atoms with Gasteiger partial charge in [-0.05, 0) is 23.1 Å². The van der Waals surface area contributed by atoms with Crippen LogP contribution in [0.4, 0.5) is 0 Å². The molecule has 0 aliphatic heterocycles. The molecule has 0 aliphatic carbocycles. The number of hydrogen-bond acceptors (Lipinski definition) is 2. The van der Waals surface area contributed by atoms with Gasteiger partial charge in [0.05, 0.1) is 5.60 Å². The minimum absolute atomic E-state index is 0.165. The molecule has 1 unspecified atom stereocenters. The normalized spacial score (nSPS) is 15.7. The highest BCUT2D eigenvalue weighted by molar-refractivity contribution is 6.36. The maximum atomic E-state index is 10.6. The Morgan fingerprint density at radius 3 is 2.00 bits per heavy atom. The van der Waals surface area contributed by atoms with Crippen LogP contribution in [0.5, 0.6) is 0 Å². The van der Waals surface area contributed by atoms with Gasteiger partial charge in [-0.2, -0.15) is 0 Å². The lowest BCUT2D eigenvalue weighted by molar-refractivity contribution is -0.0490. The van der Waals surface area contributed by atoms with Crippen molar-refractivity contribution in [3.05, 3.63) is 33.8 Å². The molecule has 0 fully saturated rings. The number of aliphatic hydroxyl groups is 1. The van der Waals surface area contributed by atoms with E-state index in [0.717, 1.165) is 5.56 Å². The third kappa shape index (κ3) is 3.14. The largest absolute Gasteiger partial charge is 0.388 e. The summed E-state index contributed by atoms with van der Waals surface area (Å²) in [5.74, 6) is 0. The van der Waals surface area contributed by atoms with Gasteiger partial charge >= 0.3 is 0 Å². The molecular formula is C13H19Cl2NO. The zero-order valence-electron chi connectivity index (χ0n) is 10.4. The van der Waals surface area contributed by atoms with Gasteiger partial charge in [0.2, 0.25) is 0 Å². The summed E-state index contributed by atoms with van der Waals surface area (Å²) in [6.07, 6.45) is 0.353. The standard InChI is InChI=1S/C13H19Cl2NO/c1-12(2,3)13(17,8-16)7-9-10(14)5-4-6-11(9)15/h4-6,17H,7-8,16H2,1-3H3. The summed E-state index contributed by atoms with van der Waals surface area (Å²) >= 11 is 12.2. The number of halogens is 2. The minimum atomic E-state index is -1.03. The Balaban J connectivity index is 3.12. The molecule has 2 nitrogen and oxygen atoms in total. The van der Waals surface area contributed by atoms with Crippen molar-refractivity contribution in [3.63, 3.8) is 0 Å². The van der Waals surface area contributed by atoms with E-state index in [-0.39, 0.29) is 12.0 Å². The molecule has 1 aromatic carbocycles. The van der Waals surface area contributed by atoms with E-state index < -0.39 is 5.60 Å². The van der Waals surface area contributed by atoms with Crippen LogP contribution in [0, 0.1) is 5.41 Å². The molecule has 1 atom stereocenters. The van der Waals surface area contributed by atoms with E-state index in [2.05, 4.69) is 0 Å². The van der Waals surface area contributed by atoms with Crippen LogP contribution in [0.25, 0.3) is 0 Å². The van der Waals surface area contributed by atoms with Gasteiger partial charge < -0.3 is 10.8 Å². The molecule has 0 radical (unpaired) electrons. The molecule has 0 heterocycles. The van der Waals surface area contributed by atoms with Gasteiger partial charge in [0, 0.05) is 23.0 Å². The number of hydrogen-bond donors (Lipinski definition) is 2. The first-order valence-electron chi connectivity index (χ1n) is 5.56. The van der Waals surface area contributed by atoms with Gasteiger partial charge in [0.25, 0.3) is 0 Å². The summed E-state index contributed by atoms with van der Waals surface area (Å²) < 4.78 is 0. The molecule has 96 valence electrons. The molecule has 0 bridgehead atoms. The van der Waals surface area contributed by atoms with Gasteiger partial charge in [-0.25, -0.2) is 0 Å². The first-order chi connectivity index (χ1) is 7.71. The lowest BCUT2D eigenvalue weighted by Crippen LogP contribution is -2.51. The van der Waals surface area contributed by atoms with Crippen LogP contribution >= 0.6 is 23.2 Å². The van der Waals surface area contributed by atoms with Crippen molar-refractivity contribution in [1.82, 2.24) is 0 Å². The maximum Gasteiger partial charge on any atom is 0.0858 e. The van der Waals surface area contributed by atoms with Crippen LogP contribution in [-0.4, -0.2) is 17.3 Å². The van der Waals surface area contributed by atoms with E-state index in [1.54, 1.807) is 18.2 Å². The molecule has 0 saturated carbocycles. The Bertz CT molecular complexity index is 381. The molecule has 0 aromatic heterocycles. The fourth-order valence-electron chi connectivity index (χ4n) is 1.64. The summed E-state index contributed by atoms with van der Waals surface area (Å²) in [5.41, 5.74) is 5.08. The lowest BCUT2D eigenvalue weighted by atomic mass is 9.73. The summed E-state index contributed by atoms with van der Waals surface area (Å²) in [5, 5.41) is 11.7. The second kappa shape index (κ2) is 5.15.